The minimum absolute atomic E-state index is 0.292. The molecule has 0 bridgehead atoms. The van der Waals surface area contributed by atoms with Crippen LogP contribution in [0.25, 0.3) is 0 Å². The molecular formula is C18H36O3S. The van der Waals surface area contributed by atoms with Gasteiger partial charge in [0.2, 0.25) is 0 Å². The van der Waals surface area contributed by atoms with Crippen LogP contribution in [0.2, 0.25) is 0 Å². The fourth-order valence-corrected chi connectivity index (χ4v) is 2.87. The lowest BCUT2D eigenvalue weighted by Crippen LogP contribution is -2.17. The Bertz CT molecular complexity index is 246. The first-order valence-electron chi connectivity index (χ1n) is 9.09. The molecule has 0 aliphatic rings. The predicted octanol–water partition coefficient (Wildman–Crippen LogP) is 5.22. The largest absolute Gasteiger partial charge is 0.379 e. The van der Waals surface area contributed by atoms with Crippen molar-refractivity contribution in [2.45, 2.75) is 84.7 Å². The van der Waals surface area contributed by atoms with Crippen LogP contribution >= 0.6 is 11.8 Å². The van der Waals surface area contributed by atoms with Crippen LogP contribution in [0.1, 0.15) is 78.6 Å². The van der Waals surface area contributed by atoms with E-state index in [1.165, 1.54) is 37.4 Å². The molecule has 1 unspecified atom stereocenters. The Kier molecular flexibility index (Phi) is 17.2. The van der Waals surface area contributed by atoms with Gasteiger partial charge in [-0.2, -0.15) is 0 Å². The topological polar surface area (TPSA) is 35.5 Å². The summed E-state index contributed by atoms with van der Waals surface area (Å²) >= 11 is 1.43. The lowest BCUT2D eigenvalue weighted by molar-refractivity contribution is -0.111. The van der Waals surface area contributed by atoms with Gasteiger partial charge in [-0.25, -0.2) is 0 Å². The van der Waals surface area contributed by atoms with Gasteiger partial charge in [-0.15, -0.1) is 0 Å². The van der Waals surface area contributed by atoms with E-state index in [1.54, 1.807) is 0 Å². The number of ether oxygens (including phenoxy) is 2. The average molecular weight is 333 g/mol. The van der Waals surface area contributed by atoms with Crippen molar-refractivity contribution < 1.29 is 14.3 Å². The van der Waals surface area contributed by atoms with E-state index < -0.39 is 0 Å². The summed E-state index contributed by atoms with van der Waals surface area (Å²) in [6, 6.07) is 0. The lowest BCUT2D eigenvalue weighted by atomic mass is 10.1. The fourth-order valence-electron chi connectivity index (χ4n) is 2.26. The van der Waals surface area contributed by atoms with Crippen molar-refractivity contribution in [2.24, 2.45) is 0 Å². The van der Waals surface area contributed by atoms with Gasteiger partial charge in [0.15, 0.2) is 5.12 Å². The third kappa shape index (κ3) is 14.9. The number of thioether (sulfide) groups is 1. The molecule has 0 amide bonds. The predicted molar refractivity (Wildman–Crippen MR) is 96.6 cm³/mol. The van der Waals surface area contributed by atoms with Crippen molar-refractivity contribution in [1.82, 2.24) is 0 Å². The molecule has 1 atom stereocenters. The Labute approximate surface area is 141 Å². The van der Waals surface area contributed by atoms with Crippen LogP contribution in [0, 0.1) is 0 Å². The Hall–Kier alpha value is -0.0600. The van der Waals surface area contributed by atoms with Crippen molar-refractivity contribution in [3.63, 3.8) is 0 Å². The number of carbonyl (C=O) groups excluding carboxylic acids is 1. The quantitative estimate of drug-likeness (QED) is 0.363. The fraction of sp³-hybridized carbons (Fsp3) is 0.944. The molecule has 4 heteroatoms. The molecule has 0 fully saturated rings. The minimum Gasteiger partial charge on any atom is -0.379 e. The Morgan fingerprint density at radius 1 is 0.909 bits per heavy atom. The summed E-state index contributed by atoms with van der Waals surface area (Å²) in [6.07, 6.45) is 10.0. The van der Waals surface area contributed by atoms with E-state index in [1.807, 2.05) is 6.92 Å². The highest BCUT2D eigenvalue weighted by Gasteiger charge is 2.10. The van der Waals surface area contributed by atoms with Crippen molar-refractivity contribution in [2.75, 3.05) is 25.6 Å². The zero-order valence-corrected chi connectivity index (χ0v) is 15.7. The second-order valence-corrected chi connectivity index (χ2v) is 6.97. The highest BCUT2D eigenvalue weighted by atomic mass is 32.2. The van der Waals surface area contributed by atoms with E-state index >= 15 is 0 Å². The van der Waals surface area contributed by atoms with Gasteiger partial charge in [0, 0.05) is 13.0 Å². The molecule has 0 rings (SSSR count). The standard InChI is InChI=1S/C18H36O3S/c1-4-7-9-11-17(12-10-13-18(19)22-6-3)21-16-15-20-14-8-5-2/h17H,4-16H2,1-3H3. The van der Waals surface area contributed by atoms with E-state index in [9.17, 15) is 4.79 Å². The zero-order valence-electron chi connectivity index (χ0n) is 14.9. The molecule has 0 radical (unpaired) electrons. The van der Waals surface area contributed by atoms with Crippen LogP contribution in [0.4, 0.5) is 0 Å². The van der Waals surface area contributed by atoms with Crippen molar-refractivity contribution in [1.29, 1.82) is 0 Å². The summed E-state index contributed by atoms with van der Waals surface area (Å²) in [7, 11) is 0. The summed E-state index contributed by atoms with van der Waals surface area (Å²) in [4.78, 5) is 11.5. The van der Waals surface area contributed by atoms with Crippen LogP contribution in [-0.4, -0.2) is 36.8 Å². The van der Waals surface area contributed by atoms with Crippen molar-refractivity contribution in [3.05, 3.63) is 0 Å². The monoisotopic (exact) mass is 332 g/mol. The molecule has 0 spiro atoms. The first-order chi connectivity index (χ1) is 10.7. The smallest absolute Gasteiger partial charge is 0.188 e. The maximum atomic E-state index is 11.5. The highest BCUT2D eigenvalue weighted by Crippen LogP contribution is 2.16. The first-order valence-corrected chi connectivity index (χ1v) is 10.1. The number of hydrogen-bond donors (Lipinski definition) is 0. The van der Waals surface area contributed by atoms with Gasteiger partial charge in [0.25, 0.3) is 0 Å². The van der Waals surface area contributed by atoms with Gasteiger partial charge in [-0.1, -0.05) is 58.2 Å². The lowest BCUT2D eigenvalue weighted by Gasteiger charge is -2.18. The molecule has 0 aromatic heterocycles. The first kappa shape index (κ1) is 21.9. The third-order valence-corrected chi connectivity index (χ3v) is 4.38. The number of hydrogen-bond acceptors (Lipinski definition) is 4. The van der Waals surface area contributed by atoms with Crippen molar-refractivity contribution >= 4 is 16.9 Å². The van der Waals surface area contributed by atoms with Crippen LogP contribution in [-0.2, 0) is 14.3 Å². The molecule has 0 aromatic rings. The summed E-state index contributed by atoms with van der Waals surface area (Å²) in [6.45, 7) is 8.62. The summed E-state index contributed by atoms with van der Waals surface area (Å²) < 4.78 is 11.5. The molecule has 0 aliphatic heterocycles. The molecular weight excluding hydrogens is 296 g/mol. The average Bonchev–Trinajstić information content (AvgIpc) is 2.50. The highest BCUT2D eigenvalue weighted by molar-refractivity contribution is 8.13. The zero-order chi connectivity index (χ0) is 16.5. The van der Waals surface area contributed by atoms with E-state index in [0.717, 1.165) is 38.0 Å². The minimum atomic E-state index is 0.292. The SMILES string of the molecule is CCCCCC(CCCC(=O)SCC)OCCOCCCC. The number of rotatable bonds is 16. The molecule has 0 N–H and O–H groups in total. The molecule has 0 aromatic carbocycles. The van der Waals surface area contributed by atoms with E-state index in [-0.39, 0.29) is 0 Å². The van der Waals surface area contributed by atoms with Gasteiger partial charge < -0.3 is 9.47 Å². The third-order valence-electron chi connectivity index (χ3n) is 3.57. The van der Waals surface area contributed by atoms with Crippen LogP contribution in [0.3, 0.4) is 0 Å². The Morgan fingerprint density at radius 3 is 2.32 bits per heavy atom. The second-order valence-electron chi connectivity index (χ2n) is 5.65. The molecule has 0 aliphatic carbocycles. The molecule has 22 heavy (non-hydrogen) atoms. The van der Waals surface area contributed by atoms with E-state index in [2.05, 4.69) is 13.8 Å². The normalized spacial score (nSPS) is 12.5. The van der Waals surface area contributed by atoms with Gasteiger partial charge in [0.05, 0.1) is 19.3 Å². The van der Waals surface area contributed by atoms with Gasteiger partial charge in [-0.05, 0) is 31.4 Å². The number of unbranched alkanes of at least 4 members (excludes halogenated alkanes) is 3. The number of carbonyl (C=O) groups is 1. The van der Waals surface area contributed by atoms with E-state index in [0.29, 0.717) is 30.9 Å². The molecule has 0 saturated heterocycles. The molecule has 0 heterocycles. The summed E-state index contributed by atoms with van der Waals surface area (Å²) in [5.74, 6) is 0.879. The Morgan fingerprint density at radius 2 is 1.64 bits per heavy atom. The molecule has 3 nitrogen and oxygen atoms in total. The van der Waals surface area contributed by atoms with Gasteiger partial charge in [-0.3, -0.25) is 4.79 Å². The van der Waals surface area contributed by atoms with Crippen LogP contribution in [0.15, 0.2) is 0 Å². The molecule has 132 valence electrons. The Balaban J connectivity index is 3.80. The summed E-state index contributed by atoms with van der Waals surface area (Å²) in [5.41, 5.74) is 0. The maximum absolute atomic E-state index is 11.5. The van der Waals surface area contributed by atoms with Crippen LogP contribution in [0.5, 0.6) is 0 Å². The molecule has 0 saturated carbocycles. The van der Waals surface area contributed by atoms with Gasteiger partial charge in [0.1, 0.15) is 0 Å². The van der Waals surface area contributed by atoms with E-state index in [4.69, 9.17) is 9.47 Å². The maximum Gasteiger partial charge on any atom is 0.188 e. The summed E-state index contributed by atoms with van der Waals surface area (Å²) in [5, 5.41) is 0.317. The second kappa shape index (κ2) is 17.3. The van der Waals surface area contributed by atoms with Crippen LogP contribution < -0.4 is 0 Å². The van der Waals surface area contributed by atoms with Gasteiger partial charge >= 0.3 is 0 Å². The van der Waals surface area contributed by atoms with Crippen molar-refractivity contribution in [3.8, 4) is 0 Å².